The lowest BCUT2D eigenvalue weighted by atomic mass is 10.2. The van der Waals surface area contributed by atoms with Crippen LogP contribution in [0, 0.1) is 13.8 Å². The van der Waals surface area contributed by atoms with E-state index in [1.54, 1.807) is 0 Å². The summed E-state index contributed by atoms with van der Waals surface area (Å²) in [4.78, 5) is 0. The summed E-state index contributed by atoms with van der Waals surface area (Å²) in [5, 5.41) is 0. The van der Waals surface area contributed by atoms with Gasteiger partial charge in [0, 0.05) is 0 Å². The van der Waals surface area contributed by atoms with E-state index < -0.39 is 0 Å². The SMILES string of the molecule is Cc1ccc(Oc2cc(C)ccc2N)cc1. The van der Waals surface area contributed by atoms with E-state index in [0.717, 1.165) is 11.3 Å². The van der Waals surface area contributed by atoms with Gasteiger partial charge in [0.1, 0.15) is 5.75 Å². The van der Waals surface area contributed by atoms with Crippen molar-refractivity contribution in [1.29, 1.82) is 0 Å². The van der Waals surface area contributed by atoms with Crippen molar-refractivity contribution in [2.75, 3.05) is 5.73 Å². The maximum Gasteiger partial charge on any atom is 0.150 e. The Kier molecular flexibility index (Phi) is 2.82. The molecular formula is C14H15NO. The molecule has 0 aliphatic rings. The van der Waals surface area contributed by atoms with E-state index in [4.69, 9.17) is 10.5 Å². The van der Waals surface area contributed by atoms with Crippen LogP contribution in [0.5, 0.6) is 11.5 Å². The molecule has 0 heterocycles. The van der Waals surface area contributed by atoms with E-state index in [1.807, 2.05) is 56.3 Å². The van der Waals surface area contributed by atoms with Crippen molar-refractivity contribution in [3.8, 4) is 11.5 Å². The van der Waals surface area contributed by atoms with Gasteiger partial charge < -0.3 is 10.5 Å². The Balaban J connectivity index is 2.26. The van der Waals surface area contributed by atoms with Crippen LogP contribution in [-0.4, -0.2) is 0 Å². The minimum atomic E-state index is 0.658. The predicted octanol–water partition coefficient (Wildman–Crippen LogP) is 3.68. The number of nitrogen functional groups attached to an aromatic ring is 1. The highest BCUT2D eigenvalue weighted by molar-refractivity contribution is 5.55. The summed E-state index contributed by atoms with van der Waals surface area (Å²) in [6.45, 7) is 4.06. The molecule has 0 aliphatic carbocycles. The van der Waals surface area contributed by atoms with E-state index in [2.05, 4.69) is 0 Å². The van der Waals surface area contributed by atoms with Gasteiger partial charge in [-0.1, -0.05) is 23.8 Å². The molecular weight excluding hydrogens is 198 g/mol. The number of ether oxygens (including phenoxy) is 1. The van der Waals surface area contributed by atoms with Gasteiger partial charge in [0.05, 0.1) is 5.69 Å². The third-order valence-corrected chi connectivity index (χ3v) is 2.42. The second-order valence-corrected chi connectivity index (χ2v) is 3.96. The van der Waals surface area contributed by atoms with Crippen LogP contribution in [0.4, 0.5) is 5.69 Å². The van der Waals surface area contributed by atoms with Crippen molar-refractivity contribution in [2.45, 2.75) is 13.8 Å². The fourth-order valence-corrected chi connectivity index (χ4v) is 1.46. The molecule has 0 spiro atoms. The number of anilines is 1. The highest BCUT2D eigenvalue weighted by Gasteiger charge is 2.02. The second kappa shape index (κ2) is 4.27. The summed E-state index contributed by atoms with van der Waals surface area (Å²) >= 11 is 0. The molecule has 0 radical (unpaired) electrons. The Bertz CT molecular complexity index is 489. The van der Waals surface area contributed by atoms with E-state index in [9.17, 15) is 0 Å². The monoisotopic (exact) mass is 213 g/mol. The summed E-state index contributed by atoms with van der Waals surface area (Å²) in [5.74, 6) is 1.52. The molecule has 0 unspecified atom stereocenters. The predicted molar refractivity (Wildman–Crippen MR) is 66.8 cm³/mol. The van der Waals surface area contributed by atoms with Crippen molar-refractivity contribution in [3.63, 3.8) is 0 Å². The first-order valence-electron chi connectivity index (χ1n) is 5.26. The zero-order valence-electron chi connectivity index (χ0n) is 9.53. The molecule has 0 atom stereocenters. The zero-order valence-corrected chi connectivity index (χ0v) is 9.53. The topological polar surface area (TPSA) is 35.2 Å². The van der Waals surface area contributed by atoms with Gasteiger partial charge in [-0.2, -0.15) is 0 Å². The third-order valence-electron chi connectivity index (χ3n) is 2.42. The lowest BCUT2D eigenvalue weighted by Gasteiger charge is -2.09. The normalized spacial score (nSPS) is 10.1. The van der Waals surface area contributed by atoms with Gasteiger partial charge in [0.15, 0.2) is 5.75 Å². The van der Waals surface area contributed by atoms with Gasteiger partial charge in [-0.3, -0.25) is 0 Å². The van der Waals surface area contributed by atoms with Gasteiger partial charge in [0.2, 0.25) is 0 Å². The van der Waals surface area contributed by atoms with Gasteiger partial charge in [-0.05, 0) is 43.7 Å². The van der Waals surface area contributed by atoms with Crippen molar-refractivity contribution < 1.29 is 4.74 Å². The lowest BCUT2D eigenvalue weighted by molar-refractivity contribution is 0.484. The molecule has 0 bridgehead atoms. The van der Waals surface area contributed by atoms with Crippen LogP contribution in [-0.2, 0) is 0 Å². The first-order valence-corrected chi connectivity index (χ1v) is 5.26. The Morgan fingerprint density at radius 1 is 0.875 bits per heavy atom. The zero-order chi connectivity index (χ0) is 11.5. The van der Waals surface area contributed by atoms with Crippen LogP contribution in [0.1, 0.15) is 11.1 Å². The van der Waals surface area contributed by atoms with Crippen LogP contribution in [0.2, 0.25) is 0 Å². The fraction of sp³-hybridized carbons (Fsp3) is 0.143. The maximum atomic E-state index is 5.84. The molecule has 2 aromatic carbocycles. The number of aryl methyl sites for hydroxylation is 2. The lowest BCUT2D eigenvalue weighted by Crippen LogP contribution is -1.92. The quantitative estimate of drug-likeness (QED) is 0.772. The fourth-order valence-electron chi connectivity index (χ4n) is 1.46. The summed E-state index contributed by atoms with van der Waals surface area (Å²) in [6, 6.07) is 13.7. The average Bonchev–Trinajstić information content (AvgIpc) is 2.27. The van der Waals surface area contributed by atoms with Crippen LogP contribution in [0.15, 0.2) is 42.5 Å². The van der Waals surface area contributed by atoms with Crippen molar-refractivity contribution in [2.24, 2.45) is 0 Å². The van der Waals surface area contributed by atoms with Gasteiger partial charge >= 0.3 is 0 Å². The molecule has 2 rings (SSSR count). The summed E-state index contributed by atoms with van der Waals surface area (Å²) < 4.78 is 5.72. The summed E-state index contributed by atoms with van der Waals surface area (Å²) in [5.41, 5.74) is 8.85. The van der Waals surface area contributed by atoms with Crippen molar-refractivity contribution >= 4 is 5.69 Å². The summed E-state index contributed by atoms with van der Waals surface area (Å²) in [6.07, 6.45) is 0. The highest BCUT2D eigenvalue weighted by Crippen LogP contribution is 2.28. The van der Waals surface area contributed by atoms with E-state index in [1.165, 1.54) is 5.56 Å². The van der Waals surface area contributed by atoms with Gasteiger partial charge in [-0.15, -0.1) is 0 Å². The first-order chi connectivity index (χ1) is 7.65. The Hall–Kier alpha value is -1.96. The number of hydrogen-bond acceptors (Lipinski definition) is 2. The molecule has 2 heteroatoms. The molecule has 2 N–H and O–H groups in total. The molecule has 0 saturated heterocycles. The molecule has 0 amide bonds. The maximum absolute atomic E-state index is 5.84. The van der Waals surface area contributed by atoms with Crippen molar-refractivity contribution in [3.05, 3.63) is 53.6 Å². The number of hydrogen-bond donors (Lipinski definition) is 1. The van der Waals surface area contributed by atoms with Crippen LogP contribution in [0.25, 0.3) is 0 Å². The van der Waals surface area contributed by atoms with Crippen LogP contribution >= 0.6 is 0 Å². The molecule has 2 nitrogen and oxygen atoms in total. The molecule has 0 saturated carbocycles. The van der Waals surface area contributed by atoms with Crippen LogP contribution < -0.4 is 10.5 Å². The number of rotatable bonds is 2. The first kappa shape index (κ1) is 10.6. The largest absolute Gasteiger partial charge is 0.455 e. The molecule has 0 aliphatic heterocycles. The van der Waals surface area contributed by atoms with Crippen molar-refractivity contribution in [1.82, 2.24) is 0 Å². The average molecular weight is 213 g/mol. The smallest absolute Gasteiger partial charge is 0.150 e. The Morgan fingerprint density at radius 3 is 2.19 bits per heavy atom. The number of benzene rings is 2. The number of nitrogens with two attached hydrogens (primary N) is 1. The molecule has 82 valence electrons. The van der Waals surface area contributed by atoms with E-state index >= 15 is 0 Å². The minimum Gasteiger partial charge on any atom is -0.455 e. The molecule has 0 aromatic heterocycles. The second-order valence-electron chi connectivity index (χ2n) is 3.96. The highest BCUT2D eigenvalue weighted by atomic mass is 16.5. The van der Waals surface area contributed by atoms with Crippen LogP contribution in [0.3, 0.4) is 0 Å². The Morgan fingerprint density at radius 2 is 1.50 bits per heavy atom. The summed E-state index contributed by atoms with van der Waals surface area (Å²) in [7, 11) is 0. The minimum absolute atomic E-state index is 0.658. The molecule has 0 fully saturated rings. The molecule has 2 aromatic rings. The third kappa shape index (κ3) is 2.34. The van der Waals surface area contributed by atoms with Gasteiger partial charge in [0.25, 0.3) is 0 Å². The molecule has 16 heavy (non-hydrogen) atoms. The standard InChI is InChI=1S/C14H15NO/c1-10-3-6-12(7-4-10)16-14-9-11(2)5-8-13(14)15/h3-9H,15H2,1-2H3. The van der Waals surface area contributed by atoms with E-state index in [-0.39, 0.29) is 0 Å². The Labute approximate surface area is 95.7 Å². The van der Waals surface area contributed by atoms with E-state index in [0.29, 0.717) is 11.4 Å². The van der Waals surface area contributed by atoms with Gasteiger partial charge in [-0.25, -0.2) is 0 Å².